The van der Waals surface area contributed by atoms with Gasteiger partial charge in [0.15, 0.2) is 0 Å². The van der Waals surface area contributed by atoms with Crippen molar-refractivity contribution in [1.82, 2.24) is 4.98 Å². The molecule has 1 aromatic carbocycles. The number of allylic oxidation sites excluding steroid dienone is 4. The van der Waals surface area contributed by atoms with Gasteiger partial charge in [-0.1, -0.05) is 24.3 Å². The maximum atomic E-state index is 9.32. The molecule has 1 aliphatic carbocycles. The summed E-state index contributed by atoms with van der Waals surface area (Å²) in [6, 6.07) is 16.1. The average molecular weight is 272 g/mol. The van der Waals surface area contributed by atoms with Crippen molar-refractivity contribution in [3.8, 4) is 6.07 Å². The Labute approximate surface area is 125 Å². The van der Waals surface area contributed by atoms with Crippen LogP contribution in [0.5, 0.6) is 0 Å². The Balaban J connectivity index is 2.05. The highest BCUT2D eigenvalue weighted by Crippen LogP contribution is 2.42. The molecule has 0 fully saturated rings. The minimum atomic E-state index is 0.738. The number of nitriles is 1. The van der Waals surface area contributed by atoms with E-state index in [-0.39, 0.29) is 0 Å². The van der Waals surface area contributed by atoms with E-state index in [2.05, 4.69) is 24.9 Å². The van der Waals surface area contributed by atoms with Crippen molar-refractivity contribution < 1.29 is 0 Å². The van der Waals surface area contributed by atoms with Gasteiger partial charge in [-0.15, -0.1) is 0 Å². The first-order valence-corrected chi connectivity index (χ1v) is 7.03. The zero-order valence-corrected chi connectivity index (χ0v) is 12.2. The smallest absolute Gasteiger partial charge is 0.0998 e. The monoisotopic (exact) mass is 272 g/mol. The summed E-state index contributed by atoms with van der Waals surface area (Å²) >= 11 is 0. The molecular weight excluding hydrogens is 256 g/mol. The van der Waals surface area contributed by atoms with Crippen molar-refractivity contribution in [1.29, 1.82) is 5.26 Å². The van der Waals surface area contributed by atoms with Gasteiger partial charge in [-0.3, -0.25) is 4.98 Å². The van der Waals surface area contributed by atoms with Crippen molar-refractivity contribution in [2.24, 2.45) is 0 Å². The van der Waals surface area contributed by atoms with Crippen LogP contribution in [0, 0.1) is 11.3 Å². The van der Waals surface area contributed by atoms with Gasteiger partial charge in [0.1, 0.15) is 0 Å². The van der Waals surface area contributed by atoms with Crippen molar-refractivity contribution in [2.75, 3.05) is 0 Å². The van der Waals surface area contributed by atoms with Gasteiger partial charge in [-0.05, 0) is 59.9 Å². The van der Waals surface area contributed by atoms with Crippen LogP contribution in [-0.2, 0) is 0 Å². The molecule has 0 atom stereocenters. The molecule has 2 heteroatoms. The molecule has 2 nitrogen and oxygen atoms in total. The molecule has 0 N–H and O–H groups in total. The molecule has 2 aromatic rings. The SMILES string of the molecule is CC1=C(c2ccccn2)CC(c2ccccc2C#N)=C1C. The minimum absolute atomic E-state index is 0.738. The zero-order valence-electron chi connectivity index (χ0n) is 12.2. The minimum Gasteiger partial charge on any atom is -0.257 e. The Bertz CT molecular complexity index is 790. The third-order valence-corrected chi connectivity index (χ3v) is 4.17. The number of rotatable bonds is 2. The van der Waals surface area contributed by atoms with Crippen LogP contribution in [0.15, 0.2) is 59.8 Å². The van der Waals surface area contributed by atoms with Crippen LogP contribution in [-0.4, -0.2) is 4.98 Å². The van der Waals surface area contributed by atoms with Crippen LogP contribution < -0.4 is 0 Å². The van der Waals surface area contributed by atoms with Crippen molar-refractivity contribution in [2.45, 2.75) is 20.3 Å². The van der Waals surface area contributed by atoms with Gasteiger partial charge in [-0.25, -0.2) is 0 Å². The number of aromatic nitrogens is 1. The summed E-state index contributed by atoms with van der Waals surface area (Å²) in [4.78, 5) is 4.47. The fraction of sp³-hybridized carbons (Fsp3) is 0.158. The van der Waals surface area contributed by atoms with Crippen LogP contribution >= 0.6 is 0 Å². The normalized spacial score (nSPS) is 14.5. The molecular formula is C19H16N2. The summed E-state index contributed by atoms with van der Waals surface area (Å²) in [5.41, 5.74) is 7.85. The quantitative estimate of drug-likeness (QED) is 0.800. The number of hydrogen-bond acceptors (Lipinski definition) is 2. The van der Waals surface area contributed by atoms with Crippen LogP contribution in [0.4, 0.5) is 0 Å². The number of hydrogen-bond donors (Lipinski definition) is 0. The van der Waals surface area contributed by atoms with E-state index in [1.54, 1.807) is 0 Å². The molecule has 1 heterocycles. The summed E-state index contributed by atoms with van der Waals surface area (Å²) in [6.07, 6.45) is 2.67. The van der Waals surface area contributed by atoms with E-state index < -0.39 is 0 Å². The van der Waals surface area contributed by atoms with Crippen LogP contribution in [0.2, 0.25) is 0 Å². The maximum Gasteiger partial charge on any atom is 0.0998 e. The molecule has 21 heavy (non-hydrogen) atoms. The van der Waals surface area contributed by atoms with Gasteiger partial charge in [-0.2, -0.15) is 5.26 Å². The van der Waals surface area contributed by atoms with Gasteiger partial charge in [0.25, 0.3) is 0 Å². The molecule has 0 unspecified atom stereocenters. The summed E-state index contributed by atoms with van der Waals surface area (Å²) in [6.45, 7) is 4.27. The molecule has 1 aromatic heterocycles. The Kier molecular flexibility index (Phi) is 3.41. The first-order valence-electron chi connectivity index (χ1n) is 7.03. The van der Waals surface area contributed by atoms with Crippen molar-refractivity contribution in [3.63, 3.8) is 0 Å². The topological polar surface area (TPSA) is 36.7 Å². The number of benzene rings is 1. The van der Waals surface area contributed by atoms with E-state index in [0.717, 1.165) is 23.2 Å². The van der Waals surface area contributed by atoms with E-state index in [9.17, 15) is 5.26 Å². The van der Waals surface area contributed by atoms with Crippen LogP contribution in [0.3, 0.4) is 0 Å². The van der Waals surface area contributed by atoms with Gasteiger partial charge in [0.2, 0.25) is 0 Å². The highest BCUT2D eigenvalue weighted by Gasteiger charge is 2.22. The summed E-state index contributed by atoms with van der Waals surface area (Å²) in [5.74, 6) is 0. The Morgan fingerprint density at radius 2 is 1.67 bits per heavy atom. The fourth-order valence-electron chi connectivity index (χ4n) is 2.86. The summed E-state index contributed by atoms with van der Waals surface area (Å²) in [5, 5.41) is 9.32. The van der Waals surface area contributed by atoms with Crippen LogP contribution in [0.25, 0.3) is 11.1 Å². The highest BCUT2D eigenvalue weighted by atomic mass is 14.7. The van der Waals surface area contributed by atoms with Gasteiger partial charge >= 0.3 is 0 Å². The summed E-state index contributed by atoms with van der Waals surface area (Å²) in [7, 11) is 0. The molecule has 0 saturated heterocycles. The Morgan fingerprint density at radius 3 is 2.38 bits per heavy atom. The average Bonchev–Trinajstić information content (AvgIpc) is 2.84. The third-order valence-electron chi connectivity index (χ3n) is 4.17. The second kappa shape index (κ2) is 5.38. The number of pyridine rings is 1. The molecule has 102 valence electrons. The van der Waals surface area contributed by atoms with Gasteiger partial charge in [0, 0.05) is 12.6 Å². The Hall–Kier alpha value is -2.66. The van der Waals surface area contributed by atoms with Crippen LogP contribution in [0.1, 0.15) is 37.1 Å². The van der Waals surface area contributed by atoms with E-state index in [4.69, 9.17) is 0 Å². The Morgan fingerprint density at radius 1 is 0.952 bits per heavy atom. The second-order valence-electron chi connectivity index (χ2n) is 5.26. The first-order chi connectivity index (χ1) is 10.2. The standard InChI is InChI=1S/C19H16N2/c1-13-14(2)18(19-9-5-6-10-21-19)11-17(13)16-8-4-3-7-15(16)12-20/h3-10H,11H2,1-2H3. The van der Waals surface area contributed by atoms with Gasteiger partial charge in [0.05, 0.1) is 17.3 Å². The lowest BCUT2D eigenvalue weighted by molar-refractivity contribution is 1.24. The molecule has 3 rings (SSSR count). The highest BCUT2D eigenvalue weighted by molar-refractivity contribution is 5.92. The lowest BCUT2D eigenvalue weighted by Crippen LogP contribution is -1.91. The lowest BCUT2D eigenvalue weighted by atomic mass is 9.95. The number of nitrogens with zero attached hydrogens (tertiary/aromatic N) is 2. The predicted molar refractivity (Wildman–Crippen MR) is 85.2 cm³/mol. The van der Waals surface area contributed by atoms with E-state index in [1.165, 1.54) is 22.3 Å². The van der Waals surface area contributed by atoms with Crippen molar-refractivity contribution >= 4 is 11.1 Å². The fourth-order valence-corrected chi connectivity index (χ4v) is 2.86. The summed E-state index contributed by atoms with van der Waals surface area (Å²) < 4.78 is 0. The third kappa shape index (κ3) is 2.28. The zero-order chi connectivity index (χ0) is 14.8. The maximum absolute atomic E-state index is 9.32. The molecule has 0 aliphatic heterocycles. The van der Waals surface area contributed by atoms with Crippen molar-refractivity contribution in [3.05, 3.63) is 76.6 Å². The van der Waals surface area contributed by atoms with E-state index in [0.29, 0.717) is 0 Å². The first kappa shape index (κ1) is 13.3. The second-order valence-corrected chi connectivity index (χ2v) is 5.26. The molecule has 0 saturated carbocycles. The van der Waals surface area contributed by atoms with E-state index in [1.807, 2.05) is 48.7 Å². The van der Waals surface area contributed by atoms with Gasteiger partial charge < -0.3 is 0 Å². The molecule has 0 spiro atoms. The van der Waals surface area contributed by atoms with E-state index >= 15 is 0 Å². The molecule has 1 aliphatic rings. The molecule has 0 amide bonds. The molecule has 0 bridgehead atoms. The predicted octanol–water partition coefficient (Wildman–Crippen LogP) is 4.60. The molecule has 0 radical (unpaired) electrons. The lowest BCUT2D eigenvalue weighted by Gasteiger charge is -2.08. The largest absolute Gasteiger partial charge is 0.257 e.